The Bertz CT molecular complexity index is 1310. The van der Waals surface area contributed by atoms with Gasteiger partial charge in [-0.15, -0.1) is 0 Å². The van der Waals surface area contributed by atoms with Gasteiger partial charge in [-0.05, 0) is 48.4 Å². The highest BCUT2D eigenvalue weighted by Crippen LogP contribution is 2.22. The first-order valence-corrected chi connectivity index (χ1v) is 12.0. The second-order valence-corrected chi connectivity index (χ2v) is 8.56. The van der Waals surface area contributed by atoms with Crippen LogP contribution < -0.4 is 4.74 Å². The molecule has 7 nitrogen and oxygen atoms in total. The topological polar surface area (TPSA) is 87.5 Å². The smallest absolute Gasteiger partial charge is 0.426 e. The largest absolute Gasteiger partial charge is 0.755 e. The van der Waals surface area contributed by atoms with Crippen molar-refractivity contribution in [1.29, 1.82) is 0 Å². The van der Waals surface area contributed by atoms with Crippen molar-refractivity contribution < 1.29 is 22.7 Å². The van der Waals surface area contributed by atoms with Gasteiger partial charge in [-0.25, -0.2) is 18.5 Å². The number of ether oxygens (including phenoxy) is 1. The molecule has 0 N–H and O–H groups in total. The minimum Gasteiger partial charge on any atom is -0.755 e. The molecule has 4 aromatic rings. The molecule has 0 saturated heterocycles. The normalized spacial score (nSPS) is 11.7. The van der Waals surface area contributed by atoms with Gasteiger partial charge < -0.3 is 13.9 Å². The number of nitrogens with zero attached hydrogens (tertiary/aromatic N) is 3. The molecule has 1 amide bonds. The molecule has 0 saturated carbocycles. The first-order valence-electron chi connectivity index (χ1n) is 11.0. The van der Waals surface area contributed by atoms with Gasteiger partial charge in [0.15, 0.2) is 0 Å². The second kappa shape index (κ2) is 11.1. The Morgan fingerprint density at radius 3 is 2.37 bits per heavy atom. The van der Waals surface area contributed by atoms with E-state index in [0.717, 1.165) is 46.9 Å². The fraction of sp³-hybridized carbons (Fsp3) is 0.154. The molecule has 0 fully saturated rings. The molecule has 0 aliphatic carbocycles. The second-order valence-electron chi connectivity index (χ2n) is 7.69. The number of carbonyl (C=O) groups is 1. The van der Waals surface area contributed by atoms with Crippen LogP contribution in [0.15, 0.2) is 85.1 Å². The third kappa shape index (κ3) is 6.00. The molecular weight excluding hydrogens is 469 g/mol. The van der Waals surface area contributed by atoms with E-state index in [9.17, 15) is 17.9 Å². The number of carbonyl (C=O) groups excluding carboxylic acids is 1. The molecular formula is C26H23FN3O4S-. The van der Waals surface area contributed by atoms with Crippen LogP contribution in [0.2, 0.25) is 0 Å². The highest BCUT2D eigenvalue weighted by atomic mass is 32.2. The molecule has 35 heavy (non-hydrogen) atoms. The third-order valence-corrected chi connectivity index (χ3v) is 6.08. The van der Waals surface area contributed by atoms with E-state index in [4.69, 9.17) is 9.72 Å². The highest BCUT2D eigenvalue weighted by Gasteiger charge is 2.17. The number of hydrogen-bond donors (Lipinski definition) is 0. The number of benzene rings is 3. The maximum Gasteiger partial charge on any atom is 0.426 e. The molecule has 0 radical (unpaired) electrons. The Morgan fingerprint density at radius 1 is 1.06 bits per heavy atom. The lowest BCUT2D eigenvalue weighted by Gasteiger charge is -2.23. The fourth-order valence-corrected chi connectivity index (χ4v) is 3.97. The van der Waals surface area contributed by atoms with Crippen molar-refractivity contribution in [3.05, 3.63) is 102 Å². The predicted molar refractivity (Wildman–Crippen MR) is 130 cm³/mol. The fourth-order valence-electron chi connectivity index (χ4n) is 3.57. The summed E-state index contributed by atoms with van der Waals surface area (Å²) in [6.45, 7) is 1.95. The van der Waals surface area contributed by atoms with E-state index in [0.29, 0.717) is 10.7 Å². The molecule has 4 rings (SSSR count). The van der Waals surface area contributed by atoms with Crippen molar-refractivity contribution in [2.45, 2.75) is 19.8 Å². The Hall–Kier alpha value is -3.82. The average molecular weight is 493 g/mol. The van der Waals surface area contributed by atoms with Crippen LogP contribution in [0, 0.1) is 5.82 Å². The van der Waals surface area contributed by atoms with E-state index in [1.165, 1.54) is 12.1 Å². The Morgan fingerprint density at radius 2 is 1.74 bits per heavy atom. The van der Waals surface area contributed by atoms with Crippen molar-refractivity contribution in [1.82, 2.24) is 13.9 Å². The van der Waals surface area contributed by atoms with Gasteiger partial charge in [0.1, 0.15) is 17.4 Å². The van der Waals surface area contributed by atoms with Crippen molar-refractivity contribution in [3.8, 4) is 22.7 Å². The first kappa shape index (κ1) is 24.3. The van der Waals surface area contributed by atoms with Crippen molar-refractivity contribution in [2.24, 2.45) is 0 Å². The van der Waals surface area contributed by atoms with Gasteiger partial charge >= 0.3 is 6.09 Å². The third-order valence-electron chi connectivity index (χ3n) is 5.39. The molecule has 0 aliphatic heterocycles. The summed E-state index contributed by atoms with van der Waals surface area (Å²) in [4.78, 5) is 17.0. The van der Waals surface area contributed by atoms with E-state index in [1.807, 2.05) is 72.3 Å². The Kier molecular flexibility index (Phi) is 7.69. The zero-order valence-corrected chi connectivity index (χ0v) is 19.8. The quantitative estimate of drug-likeness (QED) is 0.320. The SMILES string of the molecule is CCc1nc(-c2ccccc2)cn1-c1ccc(CCN(C(=O)Oc2ccc(F)cc2)S(=O)[O-])cc1. The van der Waals surface area contributed by atoms with Crippen LogP contribution in [0.1, 0.15) is 18.3 Å². The molecule has 9 heteroatoms. The molecule has 0 spiro atoms. The molecule has 3 aromatic carbocycles. The van der Waals surface area contributed by atoms with Crippen LogP contribution in [0.4, 0.5) is 9.18 Å². The van der Waals surface area contributed by atoms with Crippen LogP contribution in [0.3, 0.4) is 0 Å². The van der Waals surface area contributed by atoms with E-state index in [2.05, 4.69) is 0 Å². The number of rotatable bonds is 8. The van der Waals surface area contributed by atoms with Crippen molar-refractivity contribution in [3.63, 3.8) is 0 Å². The summed E-state index contributed by atoms with van der Waals surface area (Å²) in [6.07, 6.45) is 2.00. The predicted octanol–water partition coefficient (Wildman–Crippen LogP) is 5.08. The van der Waals surface area contributed by atoms with Crippen LogP contribution in [-0.2, 0) is 24.1 Å². The number of aryl methyl sites for hydroxylation is 1. The highest BCUT2D eigenvalue weighted by molar-refractivity contribution is 7.77. The molecule has 1 unspecified atom stereocenters. The van der Waals surface area contributed by atoms with Gasteiger partial charge in [0.2, 0.25) is 0 Å². The lowest BCUT2D eigenvalue weighted by Crippen LogP contribution is -2.36. The van der Waals surface area contributed by atoms with E-state index >= 15 is 0 Å². The van der Waals surface area contributed by atoms with Gasteiger partial charge in [-0.3, -0.25) is 4.21 Å². The number of amides is 1. The Labute approximate surface area is 205 Å². The van der Waals surface area contributed by atoms with Crippen LogP contribution in [0.5, 0.6) is 5.75 Å². The van der Waals surface area contributed by atoms with Crippen molar-refractivity contribution >= 4 is 17.4 Å². The molecule has 0 aliphatic rings. The maximum absolute atomic E-state index is 13.0. The number of hydrogen-bond acceptors (Lipinski definition) is 5. The Balaban J connectivity index is 1.44. The number of aromatic nitrogens is 2. The van der Waals surface area contributed by atoms with Gasteiger partial charge in [0.25, 0.3) is 0 Å². The summed E-state index contributed by atoms with van der Waals surface area (Å²) >= 11 is -2.82. The number of halogens is 1. The van der Waals surface area contributed by atoms with E-state index in [-0.39, 0.29) is 12.3 Å². The summed E-state index contributed by atoms with van der Waals surface area (Å²) in [7, 11) is 0. The van der Waals surface area contributed by atoms with E-state index < -0.39 is 23.2 Å². The van der Waals surface area contributed by atoms with Crippen LogP contribution in [-0.4, -0.2) is 35.3 Å². The molecule has 1 atom stereocenters. The summed E-state index contributed by atoms with van der Waals surface area (Å²) in [5.41, 5.74) is 3.70. The van der Waals surface area contributed by atoms with Crippen LogP contribution in [0.25, 0.3) is 16.9 Å². The van der Waals surface area contributed by atoms with Gasteiger partial charge in [-0.1, -0.05) is 49.4 Å². The van der Waals surface area contributed by atoms with Gasteiger partial charge in [-0.2, -0.15) is 0 Å². The summed E-state index contributed by atoms with van der Waals surface area (Å²) in [6, 6.07) is 22.3. The zero-order valence-electron chi connectivity index (χ0n) is 19.0. The summed E-state index contributed by atoms with van der Waals surface area (Å²) in [5, 5.41) is 0. The van der Waals surface area contributed by atoms with Gasteiger partial charge in [0.05, 0.1) is 17.0 Å². The van der Waals surface area contributed by atoms with Gasteiger partial charge in [0, 0.05) is 30.4 Å². The minimum absolute atomic E-state index is 0.0538. The lowest BCUT2D eigenvalue weighted by atomic mass is 10.1. The lowest BCUT2D eigenvalue weighted by molar-refractivity contribution is 0.178. The maximum atomic E-state index is 13.0. The molecule has 1 aromatic heterocycles. The first-order chi connectivity index (χ1) is 16.9. The summed E-state index contributed by atoms with van der Waals surface area (Å²) < 4.78 is 43.9. The van der Waals surface area contributed by atoms with Crippen LogP contribution >= 0.6 is 0 Å². The molecule has 1 heterocycles. The zero-order chi connectivity index (χ0) is 24.8. The minimum atomic E-state index is -2.82. The molecule has 180 valence electrons. The number of imidazole rings is 1. The average Bonchev–Trinajstić information content (AvgIpc) is 3.31. The summed E-state index contributed by atoms with van der Waals surface area (Å²) in [5.74, 6) is 0.488. The molecule has 0 bridgehead atoms. The van der Waals surface area contributed by atoms with E-state index in [1.54, 1.807) is 0 Å². The standard InChI is InChI=1S/C26H24FN3O4S/c1-2-25-28-24(20-6-4-3-5-7-20)18-29(25)22-12-8-19(9-13-22)16-17-30(35(32)33)26(31)34-23-14-10-21(27)11-15-23/h3-15,18H,2,16-17H2,1H3,(H,32,33)/p-1. The monoisotopic (exact) mass is 492 g/mol. The van der Waals surface area contributed by atoms with Crippen molar-refractivity contribution in [2.75, 3.05) is 6.54 Å².